The monoisotopic (exact) mass is 231 g/mol. The van der Waals surface area contributed by atoms with Crippen LogP contribution in [0.25, 0.3) is 0 Å². The van der Waals surface area contributed by atoms with Crippen LogP contribution in [0.1, 0.15) is 44.9 Å². The van der Waals surface area contributed by atoms with Gasteiger partial charge in [-0.2, -0.15) is 0 Å². The van der Waals surface area contributed by atoms with Crippen LogP contribution in [-0.2, 0) is 4.79 Å². The predicted octanol–water partition coefficient (Wildman–Crippen LogP) is 2.85. The molecular formula is C15H21NO. The SMILES string of the molecule is O=C1CCCCC1(C1=CCCC=C1)N1CCC1. The second-order valence-electron chi connectivity index (χ2n) is 5.47. The minimum atomic E-state index is -0.229. The fourth-order valence-electron chi connectivity index (χ4n) is 3.45. The normalized spacial score (nSPS) is 34.4. The number of allylic oxidation sites excluding steroid dienone is 2. The Balaban J connectivity index is 1.97. The number of rotatable bonds is 2. The summed E-state index contributed by atoms with van der Waals surface area (Å²) in [6, 6.07) is 0. The lowest BCUT2D eigenvalue weighted by atomic mass is 9.71. The highest BCUT2D eigenvalue weighted by Gasteiger charge is 2.48. The van der Waals surface area contributed by atoms with Crippen molar-refractivity contribution in [3.8, 4) is 0 Å². The first kappa shape index (κ1) is 11.2. The van der Waals surface area contributed by atoms with Crippen molar-refractivity contribution in [3.05, 3.63) is 23.8 Å². The number of hydrogen-bond acceptors (Lipinski definition) is 2. The average molecular weight is 231 g/mol. The summed E-state index contributed by atoms with van der Waals surface area (Å²) < 4.78 is 0. The van der Waals surface area contributed by atoms with Gasteiger partial charge in [0.1, 0.15) is 5.54 Å². The molecule has 3 rings (SSSR count). The molecule has 1 atom stereocenters. The summed E-state index contributed by atoms with van der Waals surface area (Å²) in [6.07, 6.45) is 14.4. The maximum absolute atomic E-state index is 12.5. The zero-order chi connectivity index (χ0) is 11.7. The van der Waals surface area contributed by atoms with Crippen LogP contribution >= 0.6 is 0 Å². The highest BCUT2D eigenvalue weighted by Crippen LogP contribution is 2.41. The van der Waals surface area contributed by atoms with Crippen molar-refractivity contribution in [1.82, 2.24) is 4.90 Å². The van der Waals surface area contributed by atoms with Gasteiger partial charge in [0.05, 0.1) is 0 Å². The molecule has 1 unspecified atom stereocenters. The van der Waals surface area contributed by atoms with E-state index >= 15 is 0 Å². The summed E-state index contributed by atoms with van der Waals surface area (Å²) in [5.41, 5.74) is 1.07. The van der Waals surface area contributed by atoms with E-state index in [1.165, 1.54) is 18.4 Å². The molecular weight excluding hydrogens is 210 g/mol. The molecule has 0 spiro atoms. The van der Waals surface area contributed by atoms with Crippen LogP contribution in [0.5, 0.6) is 0 Å². The van der Waals surface area contributed by atoms with Crippen molar-refractivity contribution < 1.29 is 4.79 Å². The van der Waals surface area contributed by atoms with Crippen molar-refractivity contribution in [1.29, 1.82) is 0 Å². The van der Waals surface area contributed by atoms with E-state index in [2.05, 4.69) is 23.1 Å². The van der Waals surface area contributed by atoms with Crippen LogP contribution in [0.2, 0.25) is 0 Å². The molecule has 92 valence electrons. The molecule has 3 aliphatic rings. The molecule has 2 fully saturated rings. The molecule has 0 bridgehead atoms. The fourth-order valence-corrected chi connectivity index (χ4v) is 3.45. The zero-order valence-corrected chi connectivity index (χ0v) is 10.5. The molecule has 0 N–H and O–H groups in total. The van der Waals surface area contributed by atoms with Gasteiger partial charge >= 0.3 is 0 Å². The summed E-state index contributed by atoms with van der Waals surface area (Å²) in [7, 11) is 0. The minimum absolute atomic E-state index is 0.229. The molecule has 2 aliphatic carbocycles. The molecule has 0 aromatic heterocycles. The standard InChI is InChI=1S/C15H21NO/c17-14-9-4-5-10-15(14,16-11-6-12-16)13-7-2-1-3-8-13/h2,7-8H,1,3-6,9-12H2. The largest absolute Gasteiger partial charge is 0.297 e. The summed E-state index contributed by atoms with van der Waals surface area (Å²) in [5, 5.41) is 0. The lowest BCUT2D eigenvalue weighted by Gasteiger charge is -2.50. The second kappa shape index (κ2) is 4.41. The fraction of sp³-hybridized carbons (Fsp3) is 0.667. The minimum Gasteiger partial charge on any atom is -0.297 e. The second-order valence-corrected chi connectivity index (χ2v) is 5.47. The lowest BCUT2D eigenvalue weighted by Crippen LogP contribution is -2.61. The van der Waals surface area contributed by atoms with Gasteiger partial charge in [-0.05, 0) is 37.7 Å². The third-order valence-corrected chi connectivity index (χ3v) is 4.52. The van der Waals surface area contributed by atoms with Crippen LogP contribution in [0.4, 0.5) is 0 Å². The molecule has 2 nitrogen and oxygen atoms in total. The van der Waals surface area contributed by atoms with E-state index in [1.54, 1.807) is 0 Å². The van der Waals surface area contributed by atoms with Gasteiger partial charge in [-0.15, -0.1) is 0 Å². The Bertz CT molecular complexity index is 378. The Hall–Kier alpha value is -0.890. The number of ketones is 1. The van der Waals surface area contributed by atoms with Gasteiger partial charge in [0, 0.05) is 19.5 Å². The number of carbonyl (C=O) groups is 1. The third kappa shape index (κ3) is 1.70. The Morgan fingerprint density at radius 3 is 2.59 bits per heavy atom. The Morgan fingerprint density at radius 2 is 2.00 bits per heavy atom. The maximum Gasteiger partial charge on any atom is 0.157 e. The number of likely N-dealkylation sites (tertiary alicyclic amines) is 1. The summed E-state index contributed by atoms with van der Waals surface area (Å²) in [5.74, 6) is 0.473. The highest BCUT2D eigenvalue weighted by molar-refractivity contribution is 5.93. The van der Waals surface area contributed by atoms with Crippen molar-refractivity contribution in [2.24, 2.45) is 0 Å². The van der Waals surface area contributed by atoms with E-state index in [1.807, 2.05) is 0 Å². The van der Waals surface area contributed by atoms with Crippen LogP contribution in [-0.4, -0.2) is 29.3 Å². The van der Waals surface area contributed by atoms with Crippen molar-refractivity contribution in [2.45, 2.75) is 50.5 Å². The number of Topliss-reactive ketones (excluding diaryl/α,β-unsaturated/α-hetero) is 1. The van der Waals surface area contributed by atoms with E-state index in [-0.39, 0.29) is 5.54 Å². The predicted molar refractivity (Wildman–Crippen MR) is 68.9 cm³/mol. The summed E-state index contributed by atoms with van der Waals surface area (Å²) >= 11 is 0. The molecule has 0 amide bonds. The summed E-state index contributed by atoms with van der Waals surface area (Å²) in [4.78, 5) is 15.0. The first-order valence-corrected chi connectivity index (χ1v) is 6.99. The van der Waals surface area contributed by atoms with Gasteiger partial charge in [-0.1, -0.05) is 24.6 Å². The molecule has 1 aliphatic heterocycles. The molecule has 0 aromatic rings. The van der Waals surface area contributed by atoms with Crippen LogP contribution < -0.4 is 0 Å². The molecule has 1 saturated heterocycles. The van der Waals surface area contributed by atoms with Gasteiger partial charge in [-0.3, -0.25) is 9.69 Å². The topological polar surface area (TPSA) is 20.3 Å². The van der Waals surface area contributed by atoms with Crippen molar-refractivity contribution in [2.75, 3.05) is 13.1 Å². The number of hydrogen-bond donors (Lipinski definition) is 0. The van der Waals surface area contributed by atoms with Crippen LogP contribution in [0.3, 0.4) is 0 Å². The van der Waals surface area contributed by atoms with E-state index in [4.69, 9.17) is 0 Å². The van der Waals surface area contributed by atoms with Crippen LogP contribution in [0.15, 0.2) is 23.8 Å². The number of carbonyl (C=O) groups excluding carboxylic acids is 1. The molecule has 0 radical (unpaired) electrons. The van der Waals surface area contributed by atoms with Gasteiger partial charge in [0.2, 0.25) is 0 Å². The Kier molecular flexibility index (Phi) is 2.91. The highest BCUT2D eigenvalue weighted by atomic mass is 16.1. The van der Waals surface area contributed by atoms with E-state index in [9.17, 15) is 4.79 Å². The quantitative estimate of drug-likeness (QED) is 0.728. The lowest BCUT2D eigenvalue weighted by molar-refractivity contribution is -0.134. The summed E-state index contributed by atoms with van der Waals surface area (Å²) in [6.45, 7) is 2.22. The number of nitrogens with zero attached hydrogens (tertiary/aromatic N) is 1. The van der Waals surface area contributed by atoms with Gasteiger partial charge in [0.25, 0.3) is 0 Å². The van der Waals surface area contributed by atoms with Gasteiger partial charge in [-0.25, -0.2) is 0 Å². The molecule has 1 saturated carbocycles. The Labute approximate surface area is 103 Å². The molecule has 1 heterocycles. The molecule has 0 aromatic carbocycles. The zero-order valence-electron chi connectivity index (χ0n) is 10.5. The third-order valence-electron chi connectivity index (χ3n) is 4.52. The first-order valence-electron chi connectivity index (χ1n) is 6.99. The van der Waals surface area contributed by atoms with Gasteiger partial charge in [0.15, 0.2) is 5.78 Å². The van der Waals surface area contributed by atoms with Gasteiger partial charge < -0.3 is 0 Å². The van der Waals surface area contributed by atoms with E-state index < -0.39 is 0 Å². The van der Waals surface area contributed by atoms with Crippen molar-refractivity contribution >= 4 is 5.78 Å². The molecule has 2 heteroatoms. The maximum atomic E-state index is 12.5. The van der Waals surface area contributed by atoms with Crippen molar-refractivity contribution in [3.63, 3.8) is 0 Å². The first-order chi connectivity index (χ1) is 8.34. The van der Waals surface area contributed by atoms with E-state index in [0.717, 1.165) is 45.2 Å². The average Bonchev–Trinajstić information content (AvgIpc) is 2.31. The Morgan fingerprint density at radius 1 is 1.12 bits per heavy atom. The van der Waals surface area contributed by atoms with Crippen LogP contribution in [0, 0.1) is 0 Å². The van der Waals surface area contributed by atoms with E-state index in [0.29, 0.717) is 5.78 Å². The molecule has 17 heavy (non-hydrogen) atoms. The smallest absolute Gasteiger partial charge is 0.157 e.